The molecule has 2 unspecified atom stereocenters. The number of hydrogen-bond acceptors (Lipinski definition) is 3. The van der Waals surface area contributed by atoms with Crippen molar-refractivity contribution < 1.29 is 5.11 Å². The summed E-state index contributed by atoms with van der Waals surface area (Å²) in [6.45, 7) is 0. The molecule has 3 heteroatoms. The fourth-order valence-corrected chi connectivity index (χ4v) is 4.16. The maximum Gasteiger partial charge on any atom is 0.0958 e. The normalized spacial score (nSPS) is 20.7. The molecule has 0 amide bonds. The number of benzene rings is 1. The number of fused-ring (bicyclic) bond motifs is 1. The van der Waals surface area contributed by atoms with Crippen LogP contribution in [-0.2, 0) is 0 Å². The van der Waals surface area contributed by atoms with Gasteiger partial charge in [0.25, 0.3) is 0 Å². The first kappa shape index (κ1) is 10.4. The first-order chi connectivity index (χ1) is 7.86. The molecule has 1 nitrogen and oxygen atoms in total. The van der Waals surface area contributed by atoms with Crippen LogP contribution in [0.25, 0.3) is 0 Å². The Bertz CT molecular complexity index is 478. The van der Waals surface area contributed by atoms with Gasteiger partial charge in [-0.1, -0.05) is 24.3 Å². The molecule has 1 aromatic carbocycles. The molecule has 2 aromatic rings. The molecule has 0 spiro atoms. The van der Waals surface area contributed by atoms with Crippen molar-refractivity contribution in [2.45, 2.75) is 16.9 Å². The van der Waals surface area contributed by atoms with E-state index in [2.05, 4.69) is 24.3 Å². The maximum atomic E-state index is 10.4. The minimum absolute atomic E-state index is 0.250. The van der Waals surface area contributed by atoms with Gasteiger partial charge < -0.3 is 5.11 Å². The molecule has 1 aliphatic heterocycles. The van der Waals surface area contributed by atoms with Gasteiger partial charge in [-0.05, 0) is 23.1 Å². The Kier molecular flexibility index (Phi) is 2.75. The van der Waals surface area contributed by atoms with Gasteiger partial charge in [-0.25, -0.2) is 0 Å². The van der Waals surface area contributed by atoms with E-state index in [9.17, 15) is 5.11 Å². The van der Waals surface area contributed by atoms with Crippen LogP contribution in [0, 0.1) is 0 Å². The highest BCUT2D eigenvalue weighted by molar-refractivity contribution is 7.99. The maximum absolute atomic E-state index is 10.4. The van der Waals surface area contributed by atoms with Gasteiger partial charge in [0.15, 0.2) is 0 Å². The van der Waals surface area contributed by atoms with E-state index in [0.717, 1.165) is 10.6 Å². The SMILES string of the molecule is OC(c1cccs1)C1CSc2ccccc21. The van der Waals surface area contributed by atoms with Gasteiger partial charge in [-0.15, -0.1) is 23.1 Å². The lowest BCUT2D eigenvalue weighted by Crippen LogP contribution is -2.08. The van der Waals surface area contributed by atoms with Crippen molar-refractivity contribution in [1.82, 2.24) is 0 Å². The van der Waals surface area contributed by atoms with E-state index in [4.69, 9.17) is 0 Å². The summed E-state index contributed by atoms with van der Waals surface area (Å²) in [6, 6.07) is 12.4. The lowest BCUT2D eigenvalue weighted by molar-refractivity contribution is 0.157. The number of aliphatic hydroxyl groups is 1. The first-order valence-electron chi connectivity index (χ1n) is 5.29. The molecule has 1 aliphatic rings. The second-order valence-corrected chi connectivity index (χ2v) is 5.96. The zero-order valence-electron chi connectivity index (χ0n) is 8.67. The Morgan fingerprint density at radius 2 is 2.06 bits per heavy atom. The first-order valence-corrected chi connectivity index (χ1v) is 7.16. The summed E-state index contributed by atoms with van der Waals surface area (Å²) >= 11 is 3.48. The summed E-state index contributed by atoms with van der Waals surface area (Å²) in [7, 11) is 0. The largest absolute Gasteiger partial charge is 0.387 e. The smallest absolute Gasteiger partial charge is 0.0958 e. The average molecular weight is 248 g/mol. The summed E-state index contributed by atoms with van der Waals surface area (Å²) in [4.78, 5) is 2.39. The Hall–Kier alpha value is -0.770. The third-order valence-electron chi connectivity index (χ3n) is 2.95. The fraction of sp³-hybridized carbons (Fsp3) is 0.231. The monoisotopic (exact) mass is 248 g/mol. The minimum atomic E-state index is -0.351. The van der Waals surface area contributed by atoms with Crippen LogP contribution in [0.2, 0.25) is 0 Å². The fourth-order valence-electron chi connectivity index (χ4n) is 2.11. The lowest BCUT2D eigenvalue weighted by Gasteiger charge is -2.17. The van der Waals surface area contributed by atoms with Crippen molar-refractivity contribution in [3.63, 3.8) is 0 Å². The van der Waals surface area contributed by atoms with Crippen molar-refractivity contribution in [3.8, 4) is 0 Å². The molecule has 1 aromatic heterocycles. The van der Waals surface area contributed by atoms with E-state index >= 15 is 0 Å². The van der Waals surface area contributed by atoms with Crippen LogP contribution in [-0.4, -0.2) is 10.9 Å². The van der Waals surface area contributed by atoms with Crippen LogP contribution >= 0.6 is 23.1 Å². The standard InChI is InChI=1S/C13H12OS2/c14-13(12-6-3-7-15-12)10-8-16-11-5-2-1-4-9(10)11/h1-7,10,13-14H,8H2. The quantitative estimate of drug-likeness (QED) is 0.875. The van der Waals surface area contributed by atoms with Crippen molar-refractivity contribution >= 4 is 23.1 Å². The Labute approximate surface area is 103 Å². The summed E-state index contributed by atoms with van der Waals surface area (Å²) in [5.74, 6) is 1.23. The van der Waals surface area contributed by atoms with Gasteiger partial charge in [0.2, 0.25) is 0 Å². The minimum Gasteiger partial charge on any atom is -0.387 e. The molecule has 0 aliphatic carbocycles. The number of aliphatic hydroxyl groups excluding tert-OH is 1. The predicted octanol–water partition coefficient (Wildman–Crippen LogP) is 3.67. The van der Waals surface area contributed by atoms with Crippen LogP contribution < -0.4 is 0 Å². The van der Waals surface area contributed by atoms with Crippen LogP contribution in [0.5, 0.6) is 0 Å². The van der Waals surface area contributed by atoms with Crippen molar-refractivity contribution in [1.29, 1.82) is 0 Å². The van der Waals surface area contributed by atoms with Crippen LogP contribution in [0.15, 0.2) is 46.7 Å². The molecule has 2 heterocycles. The summed E-state index contributed by atoms with van der Waals surface area (Å²) in [5, 5.41) is 12.4. The molecule has 3 rings (SSSR count). The second kappa shape index (κ2) is 4.24. The van der Waals surface area contributed by atoms with E-state index in [-0.39, 0.29) is 12.0 Å². The Morgan fingerprint density at radius 3 is 2.88 bits per heavy atom. The van der Waals surface area contributed by atoms with Crippen molar-refractivity contribution in [2.24, 2.45) is 0 Å². The van der Waals surface area contributed by atoms with Gasteiger partial charge >= 0.3 is 0 Å². The van der Waals surface area contributed by atoms with E-state index in [1.54, 1.807) is 11.3 Å². The van der Waals surface area contributed by atoms with Crippen LogP contribution in [0.4, 0.5) is 0 Å². The zero-order chi connectivity index (χ0) is 11.0. The average Bonchev–Trinajstić information content (AvgIpc) is 2.98. The number of hydrogen-bond donors (Lipinski definition) is 1. The third-order valence-corrected chi connectivity index (χ3v) is 5.10. The zero-order valence-corrected chi connectivity index (χ0v) is 10.3. The number of rotatable bonds is 2. The van der Waals surface area contributed by atoms with E-state index in [0.29, 0.717) is 0 Å². The highest BCUT2D eigenvalue weighted by Crippen LogP contribution is 2.45. The molecule has 0 saturated carbocycles. The van der Waals surface area contributed by atoms with Gasteiger partial charge in [-0.2, -0.15) is 0 Å². The van der Waals surface area contributed by atoms with E-state index in [1.165, 1.54) is 10.5 Å². The molecule has 0 fully saturated rings. The predicted molar refractivity (Wildman–Crippen MR) is 69.2 cm³/mol. The molecule has 2 atom stereocenters. The Morgan fingerprint density at radius 1 is 1.19 bits per heavy atom. The third kappa shape index (κ3) is 1.69. The van der Waals surface area contributed by atoms with Gasteiger partial charge in [0.1, 0.15) is 0 Å². The lowest BCUT2D eigenvalue weighted by atomic mass is 9.94. The van der Waals surface area contributed by atoms with Crippen LogP contribution in [0.3, 0.4) is 0 Å². The van der Waals surface area contributed by atoms with Crippen LogP contribution in [0.1, 0.15) is 22.5 Å². The Balaban J connectivity index is 1.93. The molecular formula is C13H12OS2. The van der Waals surface area contributed by atoms with Crippen molar-refractivity contribution in [3.05, 3.63) is 52.2 Å². The van der Waals surface area contributed by atoms with Crippen molar-refractivity contribution in [2.75, 3.05) is 5.75 Å². The highest BCUT2D eigenvalue weighted by Gasteiger charge is 2.30. The second-order valence-electron chi connectivity index (χ2n) is 3.92. The van der Waals surface area contributed by atoms with E-state index in [1.807, 2.05) is 29.3 Å². The summed E-state index contributed by atoms with van der Waals surface area (Å²) in [5.41, 5.74) is 1.30. The molecule has 0 bridgehead atoms. The molecule has 0 radical (unpaired) electrons. The molecule has 1 N–H and O–H groups in total. The van der Waals surface area contributed by atoms with E-state index < -0.39 is 0 Å². The number of thiophene rings is 1. The number of thioether (sulfide) groups is 1. The van der Waals surface area contributed by atoms with Gasteiger partial charge in [0, 0.05) is 21.4 Å². The molecule has 16 heavy (non-hydrogen) atoms. The summed E-state index contributed by atoms with van der Waals surface area (Å²) in [6.07, 6.45) is -0.351. The summed E-state index contributed by atoms with van der Waals surface area (Å²) < 4.78 is 0. The molecular weight excluding hydrogens is 236 g/mol. The molecule has 82 valence electrons. The van der Waals surface area contributed by atoms with Gasteiger partial charge in [-0.3, -0.25) is 0 Å². The topological polar surface area (TPSA) is 20.2 Å². The highest BCUT2D eigenvalue weighted by atomic mass is 32.2. The molecule has 0 saturated heterocycles. The van der Waals surface area contributed by atoms with Gasteiger partial charge in [0.05, 0.1) is 6.10 Å².